The summed E-state index contributed by atoms with van der Waals surface area (Å²) < 4.78 is 2.48. The van der Waals surface area contributed by atoms with Gasteiger partial charge in [-0.25, -0.2) is 0 Å². The lowest BCUT2D eigenvalue weighted by atomic mass is 9.93. The van der Waals surface area contributed by atoms with Gasteiger partial charge in [-0.2, -0.15) is 0 Å². The summed E-state index contributed by atoms with van der Waals surface area (Å²) >= 11 is 0. The average Bonchev–Trinajstić information content (AvgIpc) is 3.52. The zero-order chi connectivity index (χ0) is 29.9. The Balaban J connectivity index is 1.26. The SMILES string of the molecule is Cc1ccc([C@H](CCN2C3CCC2CC(n2c(C)nnc2C(C)C)C3)N(Cc2ccccc2)[C@H](C)c2ccccc2)cc1. The van der Waals surface area contributed by atoms with Gasteiger partial charge in [-0.3, -0.25) is 9.80 Å². The topological polar surface area (TPSA) is 37.2 Å². The molecule has 0 amide bonds. The fraction of sp³-hybridized carbons (Fsp3) is 0.474. The first-order valence-corrected chi connectivity index (χ1v) is 16.5. The van der Waals surface area contributed by atoms with Gasteiger partial charge in [0.1, 0.15) is 11.6 Å². The Hall–Kier alpha value is -3.28. The van der Waals surface area contributed by atoms with Gasteiger partial charge in [0.05, 0.1) is 0 Å². The molecule has 3 heterocycles. The molecule has 5 nitrogen and oxygen atoms in total. The molecule has 2 unspecified atom stereocenters. The summed E-state index contributed by atoms with van der Waals surface area (Å²) in [6.45, 7) is 13.3. The van der Waals surface area contributed by atoms with Gasteiger partial charge in [0.2, 0.25) is 0 Å². The number of piperidine rings is 1. The number of aromatic nitrogens is 3. The van der Waals surface area contributed by atoms with Gasteiger partial charge in [-0.05, 0) is 69.6 Å². The third kappa shape index (κ3) is 6.49. The molecular formula is C38H49N5. The molecule has 2 fully saturated rings. The standard InChI is InChI=1S/C38H49N5/c1-27(2)38-40-39-30(5)43(38)36-24-34-20-21-35(25-36)41(34)23-22-37(33-18-16-28(3)17-19-33)42(26-31-12-8-6-9-13-31)29(4)32-14-10-7-11-15-32/h6-19,27,29,34-37H,20-26H2,1-5H3/t29-,34?,35?,36?,37+/m1/s1. The zero-order valence-corrected chi connectivity index (χ0v) is 26.7. The molecule has 2 saturated heterocycles. The first-order valence-electron chi connectivity index (χ1n) is 16.5. The van der Waals surface area contributed by atoms with Crippen LogP contribution in [0.4, 0.5) is 0 Å². The van der Waals surface area contributed by atoms with E-state index in [1.54, 1.807) is 0 Å². The molecule has 4 atom stereocenters. The Morgan fingerprint density at radius 1 is 0.744 bits per heavy atom. The van der Waals surface area contributed by atoms with Crippen molar-refractivity contribution in [1.29, 1.82) is 0 Å². The lowest BCUT2D eigenvalue weighted by Gasteiger charge is -2.42. The van der Waals surface area contributed by atoms with Gasteiger partial charge in [0.25, 0.3) is 0 Å². The van der Waals surface area contributed by atoms with Crippen molar-refractivity contribution in [2.24, 2.45) is 0 Å². The first kappa shape index (κ1) is 29.8. The summed E-state index contributed by atoms with van der Waals surface area (Å²) in [5.74, 6) is 2.63. The Labute approximate surface area is 259 Å². The van der Waals surface area contributed by atoms with Crippen molar-refractivity contribution in [1.82, 2.24) is 24.6 Å². The Morgan fingerprint density at radius 2 is 1.37 bits per heavy atom. The third-order valence-electron chi connectivity index (χ3n) is 10.1. The molecule has 1 aromatic heterocycles. The Morgan fingerprint density at radius 3 is 2.00 bits per heavy atom. The van der Waals surface area contributed by atoms with E-state index < -0.39 is 0 Å². The van der Waals surface area contributed by atoms with E-state index in [0.29, 0.717) is 36.1 Å². The number of hydrogen-bond donors (Lipinski definition) is 0. The van der Waals surface area contributed by atoms with E-state index >= 15 is 0 Å². The lowest BCUT2D eigenvalue weighted by Crippen LogP contribution is -2.45. The second-order valence-corrected chi connectivity index (χ2v) is 13.3. The highest BCUT2D eigenvalue weighted by atomic mass is 15.3. The van der Waals surface area contributed by atoms with Crippen LogP contribution >= 0.6 is 0 Å². The van der Waals surface area contributed by atoms with Crippen LogP contribution in [-0.4, -0.2) is 43.2 Å². The minimum Gasteiger partial charge on any atom is -0.312 e. The number of benzene rings is 3. The molecule has 2 bridgehead atoms. The highest BCUT2D eigenvalue weighted by Crippen LogP contribution is 2.43. The molecule has 2 aliphatic rings. The van der Waals surface area contributed by atoms with Gasteiger partial charge in [-0.1, -0.05) is 104 Å². The van der Waals surface area contributed by atoms with E-state index in [0.717, 1.165) is 31.2 Å². The van der Waals surface area contributed by atoms with E-state index in [1.807, 2.05) is 0 Å². The molecule has 0 aliphatic carbocycles. The van der Waals surface area contributed by atoms with E-state index in [9.17, 15) is 0 Å². The van der Waals surface area contributed by atoms with Crippen LogP contribution in [0.3, 0.4) is 0 Å². The fourth-order valence-electron chi connectivity index (χ4n) is 7.87. The number of hydrogen-bond acceptors (Lipinski definition) is 4. The highest BCUT2D eigenvalue weighted by molar-refractivity contribution is 5.27. The van der Waals surface area contributed by atoms with Gasteiger partial charge in [-0.15, -0.1) is 10.2 Å². The van der Waals surface area contributed by atoms with Crippen molar-refractivity contribution in [3.63, 3.8) is 0 Å². The second-order valence-electron chi connectivity index (χ2n) is 13.3. The normalized spacial score (nSPS) is 21.9. The molecule has 0 N–H and O–H groups in total. The monoisotopic (exact) mass is 575 g/mol. The summed E-state index contributed by atoms with van der Waals surface area (Å²) in [5, 5.41) is 9.06. The minimum absolute atomic E-state index is 0.293. The quantitative estimate of drug-likeness (QED) is 0.179. The summed E-state index contributed by atoms with van der Waals surface area (Å²) in [5.41, 5.74) is 5.49. The van der Waals surface area contributed by atoms with Crippen molar-refractivity contribution >= 4 is 0 Å². The number of aryl methyl sites for hydroxylation is 2. The second kappa shape index (κ2) is 13.2. The Bertz CT molecular complexity index is 1430. The molecule has 226 valence electrons. The highest BCUT2D eigenvalue weighted by Gasteiger charge is 2.42. The predicted molar refractivity (Wildman–Crippen MR) is 176 cm³/mol. The van der Waals surface area contributed by atoms with E-state index in [2.05, 4.69) is 144 Å². The van der Waals surface area contributed by atoms with Crippen LogP contribution in [0.5, 0.6) is 0 Å². The summed E-state index contributed by atoms with van der Waals surface area (Å²) in [6, 6.07) is 33.8. The van der Waals surface area contributed by atoms with Crippen LogP contribution in [0.1, 0.15) is 111 Å². The average molecular weight is 576 g/mol. The molecule has 6 rings (SSSR count). The number of nitrogens with zero attached hydrogens (tertiary/aromatic N) is 5. The number of fused-ring (bicyclic) bond motifs is 2. The van der Waals surface area contributed by atoms with Crippen LogP contribution in [0.15, 0.2) is 84.9 Å². The van der Waals surface area contributed by atoms with Crippen molar-refractivity contribution in [3.05, 3.63) is 119 Å². The molecular weight excluding hydrogens is 526 g/mol. The zero-order valence-electron chi connectivity index (χ0n) is 26.7. The van der Waals surface area contributed by atoms with Crippen molar-refractivity contribution in [3.8, 4) is 0 Å². The summed E-state index contributed by atoms with van der Waals surface area (Å²) in [4.78, 5) is 5.62. The largest absolute Gasteiger partial charge is 0.312 e. The van der Waals surface area contributed by atoms with Gasteiger partial charge < -0.3 is 4.57 Å². The molecule has 0 spiro atoms. The molecule has 5 heteroatoms. The van der Waals surface area contributed by atoms with Crippen LogP contribution in [0.25, 0.3) is 0 Å². The number of rotatable bonds is 11. The van der Waals surface area contributed by atoms with Crippen LogP contribution < -0.4 is 0 Å². The van der Waals surface area contributed by atoms with Crippen molar-refractivity contribution < 1.29 is 0 Å². The maximum Gasteiger partial charge on any atom is 0.135 e. The smallest absolute Gasteiger partial charge is 0.135 e. The molecule has 0 saturated carbocycles. The molecule has 2 aliphatic heterocycles. The molecule has 0 radical (unpaired) electrons. The van der Waals surface area contributed by atoms with Crippen molar-refractivity contribution in [2.45, 2.75) is 109 Å². The predicted octanol–water partition coefficient (Wildman–Crippen LogP) is 8.58. The first-order chi connectivity index (χ1) is 20.9. The molecule has 3 aromatic carbocycles. The third-order valence-corrected chi connectivity index (χ3v) is 10.1. The Kier molecular flexibility index (Phi) is 9.11. The van der Waals surface area contributed by atoms with Crippen molar-refractivity contribution in [2.75, 3.05) is 6.54 Å². The van der Waals surface area contributed by atoms with Gasteiger partial charge >= 0.3 is 0 Å². The molecule has 43 heavy (non-hydrogen) atoms. The summed E-state index contributed by atoms with van der Waals surface area (Å²) in [7, 11) is 0. The minimum atomic E-state index is 0.293. The summed E-state index contributed by atoms with van der Waals surface area (Å²) in [6.07, 6.45) is 6.15. The van der Waals surface area contributed by atoms with Gasteiger partial charge in [0, 0.05) is 49.2 Å². The maximum atomic E-state index is 4.57. The van der Waals surface area contributed by atoms with Crippen LogP contribution in [0, 0.1) is 13.8 Å². The van der Waals surface area contributed by atoms with E-state index in [1.165, 1.54) is 47.9 Å². The van der Waals surface area contributed by atoms with Gasteiger partial charge in [0.15, 0.2) is 0 Å². The lowest BCUT2D eigenvalue weighted by molar-refractivity contribution is 0.0732. The maximum absolute atomic E-state index is 4.57. The van der Waals surface area contributed by atoms with E-state index in [4.69, 9.17) is 0 Å². The van der Waals surface area contributed by atoms with E-state index in [-0.39, 0.29) is 0 Å². The van der Waals surface area contributed by atoms with Crippen LogP contribution in [-0.2, 0) is 6.54 Å². The van der Waals surface area contributed by atoms with Crippen LogP contribution in [0.2, 0.25) is 0 Å². The fourth-order valence-corrected chi connectivity index (χ4v) is 7.87. The molecule has 4 aromatic rings.